The van der Waals surface area contributed by atoms with E-state index in [1.807, 2.05) is 0 Å². The van der Waals surface area contributed by atoms with Gasteiger partial charge in [0.25, 0.3) is 11.8 Å². The van der Waals surface area contributed by atoms with Gasteiger partial charge in [-0.05, 0) is 43.2 Å². The van der Waals surface area contributed by atoms with Crippen LogP contribution in [0.4, 0.5) is 0 Å². The van der Waals surface area contributed by atoms with Crippen LogP contribution in [0.1, 0.15) is 32.7 Å². The Hall–Kier alpha value is -3.21. The number of imide groups is 1. The first-order chi connectivity index (χ1) is 16.4. The van der Waals surface area contributed by atoms with Gasteiger partial charge in [0, 0.05) is 23.8 Å². The van der Waals surface area contributed by atoms with Crippen LogP contribution in [-0.2, 0) is 14.6 Å². The fraction of sp³-hybridized carbons (Fsp3) is 0.217. The van der Waals surface area contributed by atoms with Gasteiger partial charge in [-0.2, -0.15) is 0 Å². The van der Waals surface area contributed by atoms with Gasteiger partial charge < -0.3 is 9.15 Å². The molecule has 2 amide bonds. The van der Waals surface area contributed by atoms with Crippen LogP contribution in [0.5, 0.6) is 5.75 Å². The molecule has 0 spiro atoms. The zero-order chi connectivity index (χ0) is 25.7. The average molecular weight is 538 g/mol. The Labute approximate surface area is 209 Å². The molecule has 1 atom stereocenters. The van der Waals surface area contributed by atoms with Crippen LogP contribution in [0.25, 0.3) is 11.0 Å². The summed E-state index contributed by atoms with van der Waals surface area (Å²) in [5, 5.41) is 0.695. The number of amides is 2. The highest BCUT2D eigenvalue weighted by molar-refractivity contribution is 7.90. The quantitative estimate of drug-likeness (QED) is 0.202. The van der Waals surface area contributed by atoms with Crippen LogP contribution < -0.4 is 10.4 Å². The van der Waals surface area contributed by atoms with E-state index in [0.29, 0.717) is 15.8 Å². The first-order valence-electron chi connectivity index (χ1n) is 10.2. The maximum atomic E-state index is 13.2. The summed E-state index contributed by atoms with van der Waals surface area (Å²) in [6.45, 7) is 1.72. The van der Waals surface area contributed by atoms with E-state index in [1.54, 1.807) is 13.0 Å². The van der Waals surface area contributed by atoms with Crippen molar-refractivity contribution in [2.24, 2.45) is 0 Å². The Balaban J connectivity index is 1.69. The third-order valence-electron chi connectivity index (χ3n) is 5.45. The second-order valence-corrected chi connectivity index (χ2v) is 11.1. The Morgan fingerprint density at radius 2 is 1.63 bits per heavy atom. The predicted molar refractivity (Wildman–Crippen MR) is 128 cm³/mol. The molecule has 0 saturated carbocycles. The largest absolute Gasteiger partial charge is 0.425 e. The summed E-state index contributed by atoms with van der Waals surface area (Å²) in [4.78, 5) is 51.6. The second-order valence-electron chi connectivity index (χ2n) is 8.05. The summed E-state index contributed by atoms with van der Waals surface area (Å²) in [6.07, 6.45) is 0.567. The molecule has 1 aliphatic heterocycles. The molecule has 3 aromatic rings. The van der Waals surface area contributed by atoms with E-state index in [1.165, 1.54) is 30.3 Å². The number of hydrogen-bond donors (Lipinski definition) is 0. The highest BCUT2D eigenvalue weighted by Crippen LogP contribution is 2.33. The first-order valence-corrected chi connectivity index (χ1v) is 13.0. The molecule has 1 unspecified atom stereocenters. The topological polar surface area (TPSA) is 128 Å². The number of esters is 1. The fourth-order valence-electron chi connectivity index (χ4n) is 3.77. The molecule has 0 saturated heterocycles. The van der Waals surface area contributed by atoms with Crippen LogP contribution in [-0.4, -0.2) is 49.2 Å². The molecule has 4 rings (SSSR count). The van der Waals surface area contributed by atoms with Crippen molar-refractivity contribution in [1.29, 1.82) is 0 Å². The molecule has 0 radical (unpaired) electrons. The molecule has 182 valence electrons. The van der Waals surface area contributed by atoms with Crippen LogP contribution in [0, 0.1) is 6.92 Å². The van der Waals surface area contributed by atoms with Gasteiger partial charge in [-0.25, -0.2) is 18.0 Å². The van der Waals surface area contributed by atoms with E-state index in [2.05, 4.69) is 0 Å². The summed E-state index contributed by atoms with van der Waals surface area (Å²) in [7, 11) is -3.56. The van der Waals surface area contributed by atoms with Crippen molar-refractivity contribution >= 4 is 61.8 Å². The SMILES string of the molecule is Cc1cc(=O)oc2cc(OC(=O)C(CCS(C)(=O)=O)N3C(=O)c4cc(Cl)c(Cl)cc4C3=O)ccc12. The van der Waals surface area contributed by atoms with Gasteiger partial charge in [0.2, 0.25) is 0 Å². The summed E-state index contributed by atoms with van der Waals surface area (Å²) in [5.74, 6) is -3.23. The first kappa shape index (κ1) is 24.9. The van der Waals surface area contributed by atoms with Crippen LogP contribution >= 0.6 is 23.2 Å². The van der Waals surface area contributed by atoms with Gasteiger partial charge in [-0.3, -0.25) is 14.5 Å². The Morgan fingerprint density at radius 3 is 2.20 bits per heavy atom. The molecule has 1 aromatic heterocycles. The van der Waals surface area contributed by atoms with E-state index in [4.69, 9.17) is 32.4 Å². The van der Waals surface area contributed by atoms with Gasteiger partial charge in [0.05, 0.1) is 26.9 Å². The molecule has 2 heterocycles. The molecule has 0 bridgehead atoms. The number of aryl methyl sites for hydroxylation is 1. The number of ether oxygens (including phenoxy) is 1. The van der Waals surface area contributed by atoms with E-state index >= 15 is 0 Å². The normalized spacial score (nSPS) is 14.3. The summed E-state index contributed by atoms with van der Waals surface area (Å²) in [6, 6.07) is 6.52. The van der Waals surface area contributed by atoms with E-state index in [0.717, 1.165) is 6.26 Å². The summed E-state index contributed by atoms with van der Waals surface area (Å²) < 4.78 is 34.1. The van der Waals surface area contributed by atoms with Crippen molar-refractivity contribution in [3.63, 3.8) is 0 Å². The summed E-state index contributed by atoms with van der Waals surface area (Å²) >= 11 is 12.0. The smallest absolute Gasteiger partial charge is 0.336 e. The minimum Gasteiger partial charge on any atom is -0.425 e. The van der Waals surface area contributed by atoms with Crippen molar-refractivity contribution in [2.75, 3.05) is 12.0 Å². The standard InChI is InChI=1S/C23H17Cl2NO8S/c1-11-7-20(27)34-19-8-12(3-4-13(11)19)33-23(30)18(5-6-35(2,31)32)26-21(28)14-9-16(24)17(25)10-15(14)22(26)29/h3-4,7-10,18H,5-6H2,1-2H3. The zero-order valence-electron chi connectivity index (χ0n) is 18.3. The number of sulfone groups is 1. The zero-order valence-corrected chi connectivity index (χ0v) is 20.7. The lowest BCUT2D eigenvalue weighted by Gasteiger charge is -2.24. The lowest BCUT2D eigenvalue weighted by Crippen LogP contribution is -2.47. The molecule has 1 aliphatic rings. The van der Waals surface area contributed by atoms with Crippen molar-refractivity contribution < 1.29 is 32.0 Å². The fourth-order valence-corrected chi connectivity index (χ4v) is 4.75. The van der Waals surface area contributed by atoms with E-state index in [-0.39, 0.29) is 32.5 Å². The Morgan fingerprint density at radius 1 is 1.03 bits per heavy atom. The molecule has 0 N–H and O–H groups in total. The highest BCUT2D eigenvalue weighted by Gasteiger charge is 2.44. The average Bonchev–Trinajstić information content (AvgIpc) is 2.97. The Kier molecular flexibility index (Phi) is 6.48. The number of nitrogens with zero attached hydrogens (tertiary/aromatic N) is 1. The monoisotopic (exact) mass is 537 g/mol. The summed E-state index contributed by atoms with van der Waals surface area (Å²) in [5.41, 5.74) is 0.100. The van der Waals surface area contributed by atoms with Crippen LogP contribution in [0.2, 0.25) is 10.0 Å². The number of hydrogen-bond acceptors (Lipinski definition) is 8. The number of fused-ring (bicyclic) bond motifs is 2. The predicted octanol–water partition coefficient (Wildman–Crippen LogP) is 3.41. The maximum Gasteiger partial charge on any atom is 0.336 e. The number of rotatable bonds is 6. The molecule has 2 aromatic carbocycles. The number of benzene rings is 2. The second kappa shape index (κ2) is 9.10. The number of halogens is 2. The van der Waals surface area contributed by atoms with Gasteiger partial charge in [-0.1, -0.05) is 23.2 Å². The van der Waals surface area contributed by atoms with Gasteiger partial charge in [-0.15, -0.1) is 0 Å². The lowest BCUT2D eigenvalue weighted by atomic mass is 10.1. The van der Waals surface area contributed by atoms with Gasteiger partial charge >= 0.3 is 11.6 Å². The van der Waals surface area contributed by atoms with Crippen molar-refractivity contribution in [2.45, 2.75) is 19.4 Å². The minimum atomic E-state index is -3.56. The third kappa shape index (κ3) is 4.95. The molecule has 0 aliphatic carbocycles. The van der Waals surface area contributed by atoms with Crippen molar-refractivity contribution in [3.05, 3.63) is 73.6 Å². The minimum absolute atomic E-state index is 0.0247. The lowest BCUT2D eigenvalue weighted by molar-refractivity contribution is -0.138. The van der Waals surface area contributed by atoms with E-state index in [9.17, 15) is 27.6 Å². The molecule has 35 heavy (non-hydrogen) atoms. The molecular formula is C23H17Cl2NO8S. The molecular weight excluding hydrogens is 521 g/mol. The number of carbonyl (C=O) groups excluding carboxylic acids is 3. The molecule has 12 heteroatoms. The van der Waals surface area contributed by atoms with Gasteiger partial charge in [0.1, 0.15) is 27.2 Å². The Bertz CT molecular complexity index is 1540. The molecule has 9 nitrogen and oxygen atoms in total. The van der Waals surface area contributed by atoms with Gasteiger partial charge in [0.15, 0.2) is 0 Å². The number of carbonyl (C=O) groups is 3. The van der Waals surface area contributed by atoms with Crippen molar-refractivity contribution in [3.8, 4) is 5.75 Å². The molecule has 0 fully saturated rings. The maximum absolute atomic E-state index is 13.2. The van der Waals surface area contributed by atoms with Crippen LogP contribution in [0.3, 0.4) is 0 Å². The third-order valence-corrected chi connectivity index (χ3v) is 7.15. The van der Waals surface area contributed by atoms with E-state index < -0.39 is 51.5 Å². The van der Waals surface area contributed by atoms with Crippen molar-refractivity contribution in [1.82, 2.24) is 4.90 Å². The van der Waals surface area contributed by atoms with Crippen LogP contribution in [0.15, 0.2) is 45.6 Å². The highest BCUT2D eigenvalue weighted by atomic mass is 35.5.